The molecule has 0 saturated carbocycles. The summed E-state index contributed by atoms with van der Waals surface area (Å²) >= 11 is 0. The van der Waals surface area contributed by atoms with Crippen LogP contribution < -0.4 is 5.32 Å². The van der Waals surface area contributed by atoms with Gasteiger partial charge in [-0.15, -0.1) is 0 Å². The second-order valence-electron chi connectivity index (χ2n) is 8.56. The number of unbranched alkanes of at least 4 members (excludes halogenated alkanes) is 8. The van der Waals surface area contributed by atoms with Gasteiger partial charge in [0.1, 0.15) is 0 Å². The van der Waals surface area contributed by atoms with Crippen LogP contribution in [0.1, 0.15) is 90.4 Å². The molecule has 194 valence electrons. The van der Waals surface area contributed by atoms with Gasteiger partial charge in [-0.05, 0) is 33.5 Å². The Bertz CT molecular complexity index is 551. The molecule has 5 N–H and O–H groups in total. The number of carbonyl (C=O) groups excluding carboxylic acids is 1. The van der Waals surface area contributed by atoms with Crippen LogP contribution in [0.5, 0.6) is 0 Å². The van der Waals surface area contributed by atoms with Gasteiger partial charge < -0.3 is 30.6 Å². The van der Waals surface area contributed by atoms with Crippen LogP contribution in [0.3, 0.4) is 0 Å². The minimum Gasteiger partial charge on any atom is -0.481 e. The summed E-state index contributed by atoms with van der Waals surface area (Å²) in [5, 5.41) is 36.8. The summed E-state index contributed by atoms with van der Waals surface area (Å²) in [4.78, 5) is 44.2. The molecule has 0 aliphatic heterocycles. The number of nitrogens with one attached hydrogen (secondary N) is 1. The third kappa shape index (κ3) is 22.8. The van der Waals surface area contributed by atoms with Crippen molar-refractivity contribution in [3.05, 3.63) is 0 Å². The molecule has 0 unspecified atom stereocenters. The molecule has 0 aromatic rings. The van der Waals surface area contributed by atoms with Gasteiger partial charge in [0.2, 0.25) is 5.91 Å². The summed E-state index contributed by atoms with van der Waals surface area (Å²) < 4.78 is 0. The van der Waals surface area contributed by atoms with Crippen molar-refractivity contribution in [3.8, 4) is 0 Å². The number of aliphatic hydroxyl groups is 1. The molecule has 10 nitrogen and oxygen atoms in total. The van der Waals surface area contributed by atoms with Crippen molar-refractivity contribution in [1.82, 2.24) is 10.2 Å². The highest BCUT2D eigenvalue weighted by atomic mass is 16.4. The second-order valence-corrected chi connectivity index (χ2v) is 8.56. The van der Waals surface area contributed by atoms with Crippen LogP contribution in [0.2, 0.25) is 0 Å². The topological polar surface area (TPSA) is 164 Å². The number of carboxylic acid groups (broad SMARTS) is 3. The summed E-state index contributed by atoms with van der Waals surface area (Å²) in [6.07, 6.45) is 11.2. The van der Waals surface area contributed by atoms with Crippen LogP contribution in [0, 0.1) is 0 Å². The van der Waals surface area contributed by atoms with Gasteiger partial charge in [-0.3, -0.25) is 14.4 Å². The average molecular weight is 477 g/mol. The van der Waals surface area contributed by atoms with Crippen molar-refractivity contribution in [2.24, 2.45) is 0 Å². The normalized spacial score (nSPS) is 10.9. The minimum absolute atomic E-state index is 0.228. The quantitative estimate of drug-likeness (QED) is 0.176. The summed E-state index contributed by atoms with van der Waals surface area (Å²) in [7, 11) is 4.12. The van der Waals surface area contributed by atoms with Gasteiger partial charge in [0.25, 0.3) is 0 Å². The van der Waals surface area contributed by atoms with E-state index >= 15 is 0 Å². The highest BCUT2D eigenvalue weighted by molar-refractivity contribution is 5.88. The first-order valence-corrected chi connectivity index (χ1v) is 11.8. The van der Waals surface area contributed by atoms with Crippen molar-refractivity contribution in [2.75, 3.05) is 27.2 Å². The van der Waals surface area contributed by atoms with Crippen LogP contribution in [0.15, 0.2) is 0 Å². The van der Waals surface area contributed by atoms with Crippen LogP contribution in [0.25, 0.3) is 0 Å². The number of hydrogen-bond donors (Lipinski definition) is 5. The molecular weight excluding hydrogens is 432 g/mol. The Balaban J connectivity index is 0. The van der Waals surface area contributed by atoms with Gasteiger partial charge >= 0.3 is 17.9 Å². The summed E-state index contributed by atoms with van der Waals surface area (Å²) in [5.41, 5.74) is -2.74. The number of amides is 1. The van der Waals surface area contributed by atoms with E-state index in [4.69, 9.17) is 20.4 Å². The second kappa shape index (κ2) is 20.4. The zero-order valence-electron chi connectivity index (χ0n) is 20.5. The highest BCUT2D eigenvalue weighted by Gasteiger charge is 2.40. The van der Waals surface area contributed by atoms with Crippen molar-refractivity contribution >= 4 is 23.8 Å². The summed E-state index contributed by atoms with van der Waals surface area (Å²) in [5.74, 6) is -4.79. The van der Waals surface area contributed by atoms with Crippen molar-refractivity contribution < 1.29 is 39.6 Å². The molecule has 0 aromatic carbocycles. The molecule has 0 spiro atoms. The molecule has 0 radical (unpaired) electrons. The SMILES string of the molecule is CCCCCCCCCCCC(=O)NCCCN(C)C.O=C(O)CC(O)(CC(=O)O)C(=O)O. The van der Waals surface area contributed by atoms with Gasteiger partial charge in [0, 0.05) is 13.0 Å². The largest absolute Gasteiger partial charge is 0.481 e. The Morgan fingerprint density at radius 3 is 1.61 bits per heavy atom. The number of rotatable bonds is 19. The monoisotopic (exact) mass is 476 g/mol. The van der Waals surface area contributed by atoms with E-state index in [1.165, 1.54) is 51.4 Å². The first-order valence-electron chi connectivity index (χ1n) is 11.8. The van der Waals surface area contributed by atoms with E-state index in [0.29, 0.717) is 6.42 Å². The average Bonchev–Trinajstić information content (AvgIpc) is 2.69. The number of carbonyl (C=O) groups is 4. The number of hydrogen-bond acceptors (Lipinski definition) is 6. The third-order valence-corrected chi connectivity index (χ3v) is 4.90. The fourth-order valence-corrected chi connectivity index (χ4v) is 3.02. The van der Waals surface area contributed by atoms with Crippen molar-refractivity contribution in [1.29, 1.82) is 0 Å². The summed E-state index contributed by atoms with van der Waals surface area (Å²) in [6, 6.07) is 0. The van der Waals surface area contributed by atoms with E-state index in [9.17, 15) is 19.2 Å². The molecule has 0 saturated heterocycles. The van der Waals surface area contributed by atoms with Gasteiger partial charge in [0.05, 0.1) is 12.8 Å². The first-order chi connectivity index (χ1) is 15.4. The molecule has 1 amide bonds. The van der Waals surface area contributed by atoms with Gasteiger partial charge in [-0.2, -0.15) is 0 Å². The molecule has 0 fully saturated rings. The standard InChI is InChI=1S/C17H36N2O.C6H8O7/c1-4-5-6-7-8-9-10-11-12-14-17(20)18-15-13-16-19(2)3;7-3(8)1-6(13,5(11)12)2-4(9)10/h4-16H2,1-3H3,(H,18,20);13H,1-2H2,(H,7,8)(H,9,10)(H,11,12). The maximum absolute atomic E-state index is 11.6. The Hall–Kier alpha value is -2.20. The number of carboxylic acids is 3. The van der Waals surface area contributed by atoms with E-state index in [1.54, 1.807) is 0 Å². The zero-order valence-corrected chi connectivity index (χ0v) is 20.5. The van der Waals surface area contributed by atoms with Crippen molar-refractivity contribution in [2.45, 2.75) is 96.0 Å². The third-order valence-electron chi connectivity index (χ3n) is 4.90. The molecular formula is C23H44N2O8. The lowest BCUT2D eigenvalue weighted by Gasteiger charge is -2.18. The maximum Gasteiger partial charge on any atom is 0.336 e. The first kappa shape index (κ1) is 33.0. The Morgan fingerprint density at radius 1 is 0.758 bits per heavy atom. The number of nitrogens with zero attached hydrogens (tertiary/aromatic N) is 1. The van der Waals surface area contributed by atoms with Crippen LogP contribution >= 0.6 is 0 Å². The molecule has 0 aliphatic carbocycles. The van der Waals surface area contributed by atoms with Crippen molar-refractivity contribution in [3.63, 3.8) is 0 Å². The molecule has 0 atom stereocenters. The molecule has 0 heterocycles. The van der Waals surface area contributed by atoms with Gasteiger partial charge in [-0.25, -0.2) is 4.79 Å². The van der Waals surface area contributed by atoms with Gasteiger partial charge in [-0.1, -0.05) is 58.3 Å². The van der Waals surface area contributed by atoms with E-state index < -0.39 is 36.4 Å². The van der Waals surface area contributed by atoms with Gasteiger partial charge in [0.15, 0.2) is 5.60 Å². The van der Waals surface area contributed by atoms with Crippen LogP contribution in [0.4, 0.5) is 0 Å². The Kier molecular flexibility index (Phi) is 20.4. The Morgan fingerprint density at radius 2 is 1.21 bits per heavy atom. The fraction of sp³-hybridized carbons (Fsp3) is 0.826. The molecule has 0 rings (SSSR count). The van der Waals surface area contributed by atoms with E-state index in [2.05, 4.69) is 31.2 Å². The predicted molar refractivity (Wildman–Crippen MR) is 125 cm³/mol. The molecule has 0 aromatic heterocycles. The molecule has 10 heteroatoms. The lowest BCUT2D eigenvalue weighted by molar-refractivity contribution is -0.170. The lowest BCUT2D eigenvalue weighted by Crippen LogP contribution is -2.42. The molecule has 0 aliphatic rings. The smallest absolute Gasteiger partial charge is 0.336 e. The lowest BCUT2D eigenvalue weighted by atomic mass is 9.96. The van der Waals surface area contributed by atoms with Crippen LogP contribution in [-0.4, -0.2) is 81.9 Å². The Labute approximate surface area is 197 Å². The zero-order chi connectivity index (χ0) is 25.7. The fourth-order valence-electron chi connectivity index (χ4n) is 3.02. The molecule has 0 bridgehead atoms. The van der Waals surface area contributed by atoms with E-state index in [0.717, 1.165) is 25.9 Å². The number of aliphatic carboxylic acids is 3. The van der Waals surface area contributed by atoms with Crippen LogP contribution in [-0.2, 0) is 19.2 Å². The predicted octanol–water partition coefficient (Wildman–Crippen LogP) is 2.73. The maximum atomic E-state index is 11.6. The summed E-state index contributed by atoms with van der Waals surface area (Å²) in [6.45, 7) is 4.11. The minimum atomic E-state index is -2.74. The molecule has 33 heavy (non-hydrogen) atoms. The highest BCUT2D eigenvalue weighted by Crippen LogP contribution is 2.15. The van der Waals surface area contributed by atoms with E-state index in [1.807, 2.05) is 0 Å². The van der Waals surface area contributed by atoms with E-state index in [-0.39, 0.29) is 5.91 Å².